The number of aromatic nitrogens is 7. The van der Waals surface area contributed by atoms with Crippen molar-refractivity contribution in [3.8, 4) is 22.4 Å². The Labute approximate surface area is 149 Å². The summed E-state index contributed by atoms with van der Waals surface area (Å²) < 4.78 is 1.76. The normalized spacial score (nSPS) is 11.0. The van der Waals surface area contributed by atoms with Crippen molar-refractivity contribution in [3.05, 3.63) is 66.4 Å². The Morgan fingerprint density at radius 2 is 1.81 bits per heavy atom. The summed E-state index contributed by atoms with van der Waals surface area (Å²) in [6.45, 7) is 0.496. The molecule has 2 N–H and O–H groups in total. The molecule has 0 aliphatic heterocycles. The number of benzene rings is 1. The lowest BCUT2D eigenvalue weighted by atomic mass is 10.0. The first-order valence-corrected chi connectivity index (χ1v) is 8.24. The minimum atomic E-state index is 0.0427. The molecule has 0 aliphatic rings. The zero-order valence-corrected chi connectivity index (χ0v) is 13.9. The molecule has 8 nitrogen and oxygen atoms in total. The van der Waals surface area contributed by atoms with Crippen LogP contribution in [0.1, 0.15) is 11.4 Å². The zero-order chi connectivity index (χ0) is 17.8. The highest BCUT2D eigenvalue weighted by Crippen LogP contribution is 2.31. The molecule has 0 radical (unpaired) electrons. The SMILES string of the molecule is OCCn1cc(-c2ccc(Cc3nnn[nH]3)cc2)c(-c2ccncc2)n1. The summed E-state index contributed by atoms with van der Waals surface area (Å²) in [5.41, 5.74) is 5.04. The Kier molecular flexibility index (Phi) is 4.48. The van der Waals surface area contributed by atoms with Gasteiger partial charge in [-0.3, -0.25) is 9.67 Å². The first-order chi connectivity index (χ1) is 12.8. The van der Waals surface area contributed by atoms with Crippen LogP contribution in [-0.2, 0) is 13.0 Å². The van der Waals surface area contributed by atoms with Crippen LogP contribution >= 0.6 is 0 Å². The minimum absolute atomic E-state index is 0.0427. The van der Waals surface area contributed by atoms with Crippen LogP contribution in [0.15, 0.2) is 55.0 Å². The quantitative estimate of drug-likeness (QED) is 0.550. The summed E-state index contributed by atoms with van der Waals surface area (Å²) in [5, 5.41) is 27.7. The molecular weight excluding hydrogens is 330 g/mol. The summed E-state index contributed by atoms with van der Waals surface area (Å²) in [6, 6.07) is 12.1. The van der Waals surface area contributed by atoms with Crippen molar-refractivity contribution in [2.24, 2.45) is 0 Å². The standard InChI is InChI=1S/C18H17N7O/c26-10-9-25-12-16(18(22-25)15-5-7-19-8-6-15)14-3-1-13(2-4-14)11-17-20-23-24-21-17/h1-8,12,26H,9-11H2,(H,20,21,23,24). The van der Waals surface area contributed by atoms with Gasteiger partial charge in [0.25, 0.3) is 0 Å². The van der Waals surface area contributed by atoms with Crippen molar-refractivity contribution in [2.75, 3.05) is 6.61 Å². The number of aromatic amines is 1. The van der Waals surface area contributed by atoms with Gasteiger partial charge in [-0.1, -0.05) is 24.3 Å². The third-order valence-corrected chi connectivity index (χ3v) is 4.07. The van der Waals surface area contributed by atoms with Crippen LogP contribution in [0.2, 0.25) is 0 Å². The lowest BCUT2D eigenvalue weighted by Crippen LogP contribution is -2.02. The second-order valence-corrected chi connectivity index (χ2v) is 5.84. The van der Waals surface area contributed by atoms with Crippen molar-refractivity contribution in [2.45, 2.75) is 13.0 Å². The molecule has 26 heavy (non-hydrogen) atoms. The number of hydrogen-bond acceptors (Lipinski definition) is 6. The molecule has 130 valence electrons. The second-order valence-electron chi connectivity index (χ2n) is 5.84. The van der Waals surface area contributed by atoms with Gasteiger partial charge in [-0.25, -0.2) is 5.10 Å². The Hall–Kier alpha value is -3.39. The van der Waals surface area contributed by atoms with E-state index < -0.39 is 0 Å². The van der Waals surface area contributed by atoms with Gasteiger partial charge in [0.05, 0.1) is 13.2 Å². The van der Waals surface area contributed by atoms with Crippen LogP contribution < -0.4 is 0 Å². The number of tetrazole rings is 1. The molecule has 1 aromatic carbocycles. The molecule has 3 aromatic heterocycles. The zero-order valence-electron chi connectivity index (χ0n) is 13.9. The van der Waals surface area contributed by atoms with Crippen molar-refractivity contribution in [1.82, 2.24) is 35.4 Å². The topological polar surface area (TPSA) is 105 Å². The van der Waals surface area contributed by atoms with E-state index in [4.69, 9.17) is 0 Å². The van der Waals surface area contributed by atoms with Gasteiger partial charge >= 0.3 is 0 Å². The van der Waals surface area contributed by atoms with E-state index >= 15 is 0 Å². The predicted molar refractivity (Wildman–Crippen MR) is 95.0 cm³/mol. The lowest BCUT2D eigenvalue weighted by molar-refractivity contribution is 0.269. The summed E-state index contributed by atoms with van der Waals surface area (Å²) in [5.74, 6) is 0.728. The molecule has 0 fully saturated rings. The highest BCUT2D eigenvalue weighted by atomic mass is 16.3. The number of aliphatic hydroxyl groups is 1. The smallest absolute Gasteiger partial charge is 0.152 e. The van der Waals surface area contributed by atoms with Gasteiger partial charge in [0.15, 0.2) is 5.82 Å². The van der Waals surface area contributed by atoms with Crippen LogP contribution in [0.5, 0.6) is 0 Å². The molecule has 0 saturated heterocycles. The Balaban J connectivity index is 1.68. The number of rotatable bonds is 6. The summed E-state index contributed by atoms with van der Waals surface area (Å²) in [6.07, 6.45) is 6.10. The molecule has 0 bridgehead atoms. The van der Waals surface area contributed by atoms with Crippen molar-refractivity contribution < 1.29 is 5.11 Å². The molecule has 3 heterocycles. The van der Waals surface area contributed by atoms with E-state index in [1.54, 1.807) is 17.1 Å². The molecule has 4 rings (SSSR count). The largest absolute Gasteiger partial charge is 0.394 e. The van der Waals surface area contributed by atoms with Crippen LogP contribution in [0.3, 0.4) is 0 Å². The number of pyridine rings is 1. The minimum Gasteiger partial charge on any atom is -0.394 e. The van der Waals surface area contributed by atoms with Crippen LogP contribution in [0, 0.1) is 0 Å². The van der Waals surface area contributed by atoms with Gasteiger partial charge in [0, 0.05) is 36.1 Å². The third kappa shape index (κ3) is 3.35. The molecule has 8 heteroatoms. The Morgan fingerprint density at radius 3 is 2.50 bits per heavy atom. The second kappa shape index (κ2) is 7.24. The molecule has 0 aliphatic carbocycles. The van der Waals surface area contributed by atoms with Crippen LogP contribution in [-0.4, -0.2) is 47.1 Å². The van der Waals surface area contributed by atoms with E-state index in [1.807, 2.05) is 18.3 Å². The fraction of sp³-hybridized carbons (Fsp3) is 0.167. The van der Waals surface area contributed by atoms with E-state index in [0.29, 0.717) is 13.0 Å². The predicted octanol–water partition coefficient (Wildman–Crippen LogP) is 1.71. The summed E-state index contributed by atoms with van der Waals surface area (Å²) in [7, 11) is 0. The number of nitrogens with one attached hydrogen (secondary N) is 1. The van der Waals surface area contributed by atoms with E-state index in [2.05, 4.69) is 55.0 Å². The number of H-pyrrole nitrogens is 1. The number of nitrogens with zero attached hydrogens (tertiary/aromatic N) is 6. The van der Waals surface area contributed by atoms with E-state index in [1.165, 1.54) is 0 Å². The maximum Gasteiger partial charge on any atom is 0.152 e. The highest BCUT2D eigenvalue weighted by molar-refractivity contribution is 5.80. The van der Waals surface area contributed by atoms with Gasteiger partial charge in [-0.15, -0.1) is 5.10 Å². The Bertz CT molecular complexity index is 963. The lowest BCUT2D eigenvalue weighted by Gasteiger charge is -2.04. The van der Waals surface area contributed by atoms with Gasteiger partial charge in [0.1, 0.15) is 5.69 Å². The van der Waals surface area contributed by atoms with E-state index in [-0.39, 0.29) is 6.61 Å². The maximum absolute atomic E-state index is 9.23. The van der Waals surface area contributed by atoms with Gasteiger partial charge < -0.3 is 5.11 Å². The average molecular weight is 347 g/mol. The highest BCUT2D eigenvalue weighted by Gasteiger charge is 2.13. The van der Waals surface area contributed by atoms with Crippen molar-refractivity contribution in [1.29, 1.82) is 0 Å². The molecule has 0 atom stereocenters. The van der Waals surface area contributed by atoms with Gasteiger partial charge in [-0.05, 0) is 33.7 Å². The monoisotopic (exact) mass is 347 g/mol. The molecular formula is C18H17N7O. The summed E-state index contributed by atoms with van der Waals surface area (Å²) in [4.78, 5) is 4.07. The molecule has 0 saturated carbocycles. The van der Waals surface area contributed by atoms with E-state index in [9.17, 15) is 5.11 Å². The van der Waals surface area contributed by atoms with Gasteiger partial charge in [-0.2, -0.15) is 5.10 Å². The molecule has 0 spiro atoms. The number of aliphatic hydroxyl groups excluding tert-OH is 1. The van der Waals surface area contributed by atoms with Crippen LogP contribution in [0.25, 0.3) is 22.4 Å². The molecule has 4 aromatic rings. The van der Waals surface area contributed by atoms with Crippen molar-refractivity contribution in [3.63, 3.8) is 0 Å². The van der Waals surface area contributed by atoms with Crippen LogP contribution in [0.4, 0.5) is 0 Å². The first kappa shape index (κ1) is 16.1. The van der Waals surface area contributed by atoms with E-state index in [0.717, 1.165) is 33.8 Å². The first-order valence-electron chi connectivity index (χ1n) is 8.24. The summed E-state index contributed by atoms with van der Waals surface area (Å²) >= 11 is 0. The van der Waals surface area contributed by atoms with Gasteiger partial charge in [0.2, 0.25) is 0 Å². The fourth-order valence-corrected chi connectivity index (χ4v) is 2.82. The molecule has 0 unspecified atom stereocenters. The average Bonchev–Trinajstić information content (AvgIpc) is 3.33. The Morgan fingerprint density at radius 1 is 1.00 bits per heavy atom. The maximum atomic E-state index is 9.23. The molecule has 0 amide bonds. The number of hydrogen-bond donors (Lipinski definition) is 2. The third-order valence-electron chi connectivity index (χ3n) is 4.07. The van der Waals surface area contributed by atoms with Crippen molar-refractivity contribution >= 4 is 0 Å². The fourth-order valence-electron chi connectivity index (χ4n) is 2.82.